The summed E-state index contributed by atoms with van der Waals surface area (Å²) in [5.41, 5.74) is 1.58. The number of hydrogen-bond donors (Lipinski definition) is 0. The number of aromatic nitrogens is 5. The van der Waals surface area contributed by atoms with Crippen LogP contribution in [-0.2, 0) is 6.18 Å². The Kier molecular flexibility index (Phi) is 4.26. The zero-order chi connectivity index (χ0) is 19.7. The highest BCUT2D eigenvalue weighted by atomic mass is 19.4. The first-order valence-electron chi connectivity index (χ1n) is 7.80. The molecule has 142 valence electrons. The van der Waals surface area contributed by atoms with Crippen molar-refractivity contribution in [2.24, 2.45) is 0 Å². The minimum atomic E-state index is -4.69. The van der Waals surface area contributed by atoms with Crippen LogP contribution in [0.3, 0.4) is 0 Å². The quantitative estimate of drug-likeness (QED) is 0.518. The minimum Gasteiger partial charge on any atom is -0.481 e. The molecule has 0 saturated heterocycles. The van der Waals surface area contributed by atoms with E-state index in [1.165, 1.54) is 19.2 Å². The van der Waals surface area contributed by atoms with Gasteiger partial charge in [-0.1, -0.05) is 22.4 Å². The Hall–Kier alpha value is -3.76. The third kappa shape index (κ3) is 3.41. The molecule has 0 N–H and O–H groups in total. The summed E-state index contributed by atoms with van der Waals surface area (Å²) in [7, 11) is 1.50. The summed E-state index contributed by atoms with van der Waals surface area (Å²) in [6, 6.07) is 9.62. The van der Waals surface area contributed by atoms with Crippen molar-refractivity contribution >= 4 is 0 Å². The molecule has 3 aromatic heterocycles. The molecule has 0 radical (unpaired) electrons. The lowest BCUT2D eigenvalue weighted by molar-refractivity contribution is -0.159. The van der Waals surface area contributed by atoms with Gasteiger partial charge in [0.2, 0.25) is 17.5 Å². The topological polar surface area (TPSA) is 100.0 Å². The number of rotatable bonds is 4. The molecular formula is C17H10F3N5O3. The zero-order valence-electron chi connectivity index (χ0n) is 14.1. The van der Waals surface area contributed by atoms with Crippen LogP contribution in [0.15, 0.2) is 51.6 Å². The Labute approximate surface area is 155 Å². The van der Waals surface area contributed by atoms with Gasteiger partial charge in [-0.15, -0.1) is 0 Å². The van der Waals surface area contributed by atoms with E-state index in [4.69, 9.17) is 9.26 Å². The van der Waals surface area contributed by atoms with Crippen molar-refractivity contribution in [2.45, 2.75) is 6.18 Å². The molecule has 0 bridgehead atoms. The first-order valence-corrected chi connectivity index (χ1v) is 7.80. The Bertz CT molecular complexity index is 1110. The number of benzene rings is 1. The van der Waals surface area contributed by atoms with Gasteiger partial charge >= 0.3 is 12.1 Å². The number of pyridine rings is 1. The number of hydrogen-bond acceptors (Lipinski definition) is 8. The van der Waals surface area contributed by atoms with Crippen molar-refractivity contribution in [3.05, 3.63) is 48.5 Å². The highest BCUT2D eigenvalue weighted by Gasteiger charge is 2.38. The summed E-state index contributed by atoms with van der Waals surface area (Å²) in [5.74, 6) is -0.587. The molecule has 0 atom stereocenters. The average molecular weight is 389 g/mol. The van der Waals surface area contributed by atoms with E-state index in [9.17, 15) is 13.2 Å². The van der Waals surface area contributed by atoms with E-state index in [0.29, 0.717) is 28.4 Å². The molecule has 28 heavy (non-hydrogen) atoms. The van der Waals surface area contributed by atoms with Gasteiger partial charge < -0.3 is 13.8 Å². The lowest BCUT2D eigenvalue weighted by Crippen LogP contribution is -2.04. The molecule has 0 aliphatic rings. The minimum absolute atomic E-state index is 0.172. The van der Waals surface area contributed by atoms with Gasteiger partial charge in [-0.2, -0.15) is 23.1 Å². The molecule has 0 saturated carbocycles. The van der Waals surface area contributed by atoms with Crippen LogP contribution in [0, 0.1) is 0 Å². The smallest absolute Gasteiger partial charge is 0.471 e. The predicted molar refractivity (Wildman–Crippen MR) is 87.8 cm³/mol. The maximum atomic E-state index is 12.6. The second kappa shape index (κ2) is 6.76. The molecule has 4 rings (SSSR count). The van der Waals surface area contributed by atoms with Crippen LogP contribution in [-0.4, -0.2) is 32.4 Å². The van der Waals surface area contributed by atoms with Crippen molar-refractivity contribution in [1.82, 2.24) is 25.3 Å². The molecule has 11 heteroatoms. The normalized spacial score (nSPS) is 11.6. The van der Waals surface area contributed by atoms with E-state index in [1.54, 1.807) is 30.5 Å². The maximum Gasteiger partial charge on any atom is 0.471 e. The van der Waals surface area contributed by atoms with Crippen LogP contribution in [0.25, 0.3) is 34.2 Å². The van der Waals surface area contributed by atoms with Gasteiger partial charge in [-0.3, -0.25) is 0 Å². The standard InChI is InChI=1S/C17H10F3N5O3/c1-26-12-8-11(6-7-21-12)14-22-15(27-24-14)10-4-2-9(3-5-10)13-23-16(28-25-13)17(18,19)20/h2-8H,1H3. The number of methoxy groups -OCH3 is 1. The zero-order valence-corrected chi connectivity index (χ0v) is 14.1. The first kappa shape index (κ1) is 17.6. The van der Waals surface area contributed by atoms with E-state index in [0.717, 1.165) is 0 Å². The van der Waals surface area contributed by atoms with Gasteiger partial charge in [0.05, 0.1) is 7.11 Å². The van der Waals surface area contributed by atoms with Crippen molar-refractivity contribution in [3.63, 3.8) is 0 Å². The second-order valence-corrected chi connectivity index (χ2v) is 5.51. The van der Waals surface area contributed by atoms with E-state index in [2.05, 4.69) is 29.8 Å². The van der Waals surface area contributed by atoms with Crippen LogP contribution < -0.4 is 4.74 Å². The summed E-state index contributed by atoms with van der Waals surface area (Å²) in [6.45, 7) is 0. The molecule has 0 amide bonds. The van der Waals surface area contributed by atoms with E-state index < -0.39 is 12.1 Å². The fraction of sp³-hybridized carbons (Fsp3) is 0.118. The van der Waals surface area contributed by atoms with Crippen LogP contribution in [0.2, 0.25) is 0 Å². The number of ether oxygens (including phenoxy) is 1. The van der Waals surface area contributed by atoms with Gasteiger partial charge in [-0.05, 0) is 18.2 Å². The van der Waals surface area contributed by atoms with Crippen LogP contribution >= 0.6 is 0 Å². The van der Waals surface area contributed by atoms with Crippen LogP contribution in [0.4, 0.5) is 13.2 Å². The third-order valence-electron chi connectivity index (χ3n) is 3.69. The number of alkyl halides is 3. The molecule has 0 fully saturated rings. The summed E-state index contributed by atoms with van der Waals surface area (Å²) in [5, 5.41) is 7.26. The average Bonchev–Trinajstić information content (AvgIpc) is 3.38. The van der Waals surface area contributed by atoms with Gasteiger partial charge in [0.25, 0.3) is 5.89 Å². The van der Waals surface area contributed by atoms with Crippen molar-refractivity contribution in [2.75, 3.05) is 7.11 Å². The fourth-order valence-corrected chi connectivity index (χ4v) is 2.34. The highest BCUT2D eigenvalue weighted by Crippen LogP contribution is 2.30. The Morgan fingerprint density at radius 3 is 2.21 bits per heavy atom. The van der Waals surface area contributed by atoms with E-state index in [1.807, 2.05) is 0 Å². The van der Waals surface area contributed by atoms with Crippen LogP contribution in [0.5, 0.6) is 5.88 Å². The molecule has 4 aromatic rings. The molecular weight excluding hydrogens is 379 g/mol. The molecule has 0 aliphatic heterocycles. The maximum absolute atomic E-state index is 12.6. The molecule has 0 unspecified atom stereocenters. The SMILES string of the molecule is COc1cc(-c2noc(-c3ccc(-c4noc(C(F)(F)F)n4)cc3)n2)ccn1. The Morgan fingerprint density at radius 1 is 0.857 bits per heavy atom. The number of nitrogens with zero attached hydrogens (tertiary/aromatic N) is 5. The van der Waals surface area contributed by atoms with Crippen LogP contribution in [0.1, 0.15) is 5.89 Å². The first-order chi connectivity index (χ1) is 13.4. The van der Waals surface area contributed by atoms with Gasteiger partial charge in [-0.25, -0.2) is 4.98 Å². The van der Waals surface area contributed by atoms with Crippen molar-refractivity contribution in [3.8, 4) is 40.1 Å². The Morgan fingerprint density at radius 2 is 1.54 bits per heavy atom. The third-order valence-corrected chi connectivity index (χ3v) is 3.69. The molecule has 1 aromatic carbocycles. The monoisotopic (exact) mass is 389 g/mol. The van der Waals surface area contributed by atoms with E-state index in [-0.39, 0.29) is 11.7 Å². The van der Waals surface area contributed by atoms with Crippen molar-refractivity contribution in [1.29, 1.82) is 0 Å². The molecule has 0 spiro atoms. The van der Waals surface area contributed by atoms with Crippen molar-refractivity contribution < 1.29 is 27.0 Å². The fourth-order valence-electron chi connectivity index (χ4n) is 2.34. The van der Waals surface area contributed by atoms with Gasteiger partial charge in [0.1, 0.15) is 0 Å². The highest BCUT2D eigenvalue weighted by molar-refractivity contribution is 5.64. The summed E-state index contributed by atoms with van der Waals surface area (Å²) >= 11 is 0. The van der Waals surface area contributed by atoms with Gasteiger partial charge in [0, 0.05) is 29.0 Å². The summed E-state index contributed by atoms with van der Waals surface area (Å²) in [6.07, 6.45) is -3.14. The van der Waals surface area contributed by atoms with E-state index >= 15 is 0 Å². The Balaban J connectivity index is 1.58. The van der Waals surface area contributed by atoms with Gasteiger partial charge in [0.15, 0.2) is 0 Å². The second-order valence-electron chi connectivity index (χ2n) is 5.51. The molecule has 0 aliphatic carbocycles. The largest absolute Gasteiger partial charge is 0.481 e. The predicted octanol–water partition coefficient (Wildman–Crippen LogP) is 3.88. The summed E-state index contributed by atoms with van der Waals surface area (Å²) < 4.78 is 52.2. The molecule has 8 nitrogen and oxygen atoms in total. The lowest BCUT2D eigenvalue weighted by atomic mass is 10.1. The lowest BCUT2D eigenvalue weighted by Gasteiger charge is -1.99. The molecule has 3 heterocycles. The number of halogens is 3. The summed E-state index contributed by atoms with van der Waals surface area (Å²) in [4.78, 5) is 11.7.